The fourth-order valence-corrected chi connectivity index (χ4v) is 8.47. The molecule has 0 fully saturated rings. The van der Waals surface area contributed by atoms with Crippen molar-refractivity contribution in [3.05, 3.63) is 184 Å². The van der Waals surface area contributed by atoms with Gasteiger partial charge >= 0.3 is 0 Å². The van der Waals surface area contributed by atoms with Gasteiger partial charge in [0.15, 0.2) is 0 Å². The van der Waals surface area contributed by atoms with Gasteiger partial charge in [0, 0.05) is 17.1 Å². The Bertz CT molecular complexity index is 2700. The Morgan fingerprint density at radius 1 is 0.471 bits per heavy atom. The molecule has 0 saturated carbocycles. The highest BCUT2D eigenvalue weighted by molar-refractivity contribution is 6.01. The second-order valence-electron chi connectivity index (χ2n) is 13.1. The minimum atomic E-state index is -0.661. The topological polar surface area (TPSA) is 51.9 Å². The number of benzene rings is 7. The summed E-state index contributed by atoms with van der Waals surface area (Å²) < 4.78 is 17.4. The first-order valence-electron chi connectivity index (χ1n) is 17.0. The second kappa shape index (κ2) is 11.0. The van der Waals surface area contributed by atoms with Gasteiger partial charge in [0.1, 0.15) is 22.7 Å². The summed E-state index contributed by atoms with van der Waals surface area (Å²) in [4.78, 5) is 16.4. The van der Waals surface area contributed by atoms with Gasteiger partial charge in [-0.2, -0.15) is 0 Å². The molecule has 51 heavy (non-hydrogen) atoms. The largest absolute Gasteiger partial charge is 0.497 e. The average molecular weight is 662 g/mol. The Balaban J connectivity index is 1.28. The highest BCUT2D eigenvalue weighted by Crippen LogP contribution is 2.63. The first-order valence-corrected chi connectivity index (χ1v) is 17.0. The molecule has 1 spiro atoms. The Morgan fingerprint density at radius 3 is 1.65 bits per heavy atom. The highest BCUT2D eigenvalue weighted by Gasteiger charge is 2.52. The maximum atomic E-state index is 14.1. The molecule has 5 heteroatoms. The summed E-state index contributed by atoms with van der Waals surface area (Å²) in [5.74, 6) is 1.58. The SMILES string of the molecule is COc1ccc(N(c2ccc(OC)cc2)c2ccc3c(c2)C2(c4ccccc4-3)c3ccccc3-c3cc4oc5ccccc5c(=O)c4cc32)cc1. The quantitative estimate of drug-likeness (QED) is 0.172. The summed E-state index contributed by atoms with van der Waals surface area (Å²) in [5.41, 5.74) is 12.7. The van der Waals surface area contributed by atoms with E-state index in [4.69, 9.17) is 13.9 Å². The number of rotatable bonds is 5. The van der Waals surface area contributed by atoms with Crippen molar-refractivity contribution >= 4 is 39.0 Å². The molecule has 2 aliphatic carbocycles. The monoisotopic (exact) mass is 661 g/mol. The second-order valence-corrected chi connectivity index (χ2v) is 13.1. The lowest BCUT2D eigenvalue weighted by Crippen LogP contribution is -2.26. The Morgan fingerprint density at radius 2 is 1.00 bits per heavy atom. The third kappa shape index (κ3) is 4.06. The average Bonchev–Trinajstić information content (AvgIpc) is 3.64. The van der Waals surface area contributed by atoms with Gasteiger partial charge in [-0.3, -0.25) is 4.79 Å². The normalized spacial score (nSPS) is 15.0. The Labute approximate surface area is 294 Å². The lowest BCUT2D eigenvalue weighted by Gasteiger charge is -2.32. The number of anilines is 3. The van der Waals surface area contributed by atoms with Gasteiger partial charge in [0.25, 0.3) is 0 Å². The summed E-state index contributed by atoms with van der Waals surface area (Å²) >= 11 is 0. The maximum Gasteiger partial charge on any atom is 0.200 e. The number of fused-ring (bicyclic) bond motifs is 12. The molecule has 0 amide bonds. The maximum absolute atomic E-state index is 14.1. The van der Waals surface area contributed by atoms with E-state index in [9.17, 15) is 4.79 Å². The van der Waals surface area contributed by atoms with Gasteiger partial charge in [-0.25, -0.2) is 0 Å². The van der Waals surface area contributed by atoms with Gasteiger partial charge in [-0.15, -0.1) is 0 Å². The van der Waals surface area contributed by atoms with Gasteiger partial charge in [0.2, 0.25) is 5.43 Å². The van der Waals surface area contributed by atoms with Crippen molar-refractivity contribution in [3.8, 4) is 33.8 Å². The van der Waals surface area contributed by atoms with Crippen molar-refractivity contribution in [2.24, 2.45) is 0 Å². The van der Waals surface area contributed by atoms with E-state index in [0.717, 1.165) is 45.3 Å². The molecular formula is C46H31NO4. The van der Waals surface area contributed by atoms with Crippen molar-refractivity contribution in [2.45, 2.75) is 5.41 Å². The number of nitrogens with zero attached hydrogens (tertiary/aromatic N) is 1. The zero-order valence-electron chi connectivity index (χ0n) is 28.0. The van der Waals surface area contributed by atoms with E-state index in [1.165, 1.54) is 27.8 Å². The van der Waals surface area contributed by atoms with Gasteiger partial charge in [0.05, 0.1) is 30.4 Å². The van der Waals surface area contributed by atoms with E-state index in [1.54, 1.807) is 14.2 Å². The van der Waals surface area contributed by atoms with Crippen LogP contribution in [0.4, 0.5) is 17.1 Å². The fraction of sp³-hybridized carbons (Fsp3) is 0.0652. The molecule has 0 radical (unpaired) electrons. The van der Waals surface area contributed by atoms with Crippen LogP contribution in [0.1, 0.15) is 22.3 Å². The van der Waals surface area contributed by atoms with E-state index in [1.807, 2.05) is 48.5 Å². The molecule has 10 rings (SSSR count). The molecule has 5 nitrogen and oxygen atoms in total. The molecule has 0 aliphatic heterocycles. The lowest BCUT2D eigenvalue weighted by atomic mass is 9.70. The third-order valence-electron chi connectivity index (χ3n) is 10.7. The van der Waals surface area contributed by atoms with Crippen LogP contribution in [-0.2, 0) is 5.41 Å². The van der Waals surface area contributed by atoms with Crippen molar-refractivity contribution in [2.75, 3.05) is 19.1 Å². The molecule has 244 valence electrons. The number of para-hydroxylation sites is 1. The van der Waals surface area contributed by atoms with Crippen molar-refractivity contribution < 1.29 is 13.9 Å². The molecule has 0 N–H and O–H groups in total. The summed E-state index contributed by atoms with van der Waals surface area (Å²) in [5, 5.41) is 1.17. The van der Waals surface area contributed by atoms with E-state index in [-0.39, 0.29) is 5.43 Å². The van der Waals surface area contributed by atoms with Crippen molar-refractivity contribution in [1.29, 1.82) is 0 Å². The smallest absolute Gasteiger partial charge is 0.200 e. The van der Waals surface area contributed by atoms with Crippen LogP contribution >= 0.6 is 0 Å². The van der Waals surface area contributed by atoms with Crippen LogP contribution in [0.25, 0.3) is 44.2 Å². The summed E-state index contributed by atoms with van der Waals surface area (Å²) in [6.45, 7) is 0. The Kier molecular flexibility index (Phi) is 6.30. The first kappa shape index (κ1) is 29.3. The van der Waals surface area contributed by atoms with Crippen LogP contribution in [0.3, 0.4) is 0 Å². The first-order chi connectivity index (χ1) is 25.1. The zero-order chi connectivity index (χ0) is 34.3. The summed E-state index contributed by atoms with van der Waals surface area (Å²) in [7, 11) is 3.36. The van der Waals surface area contributed by atoms with Crippen LogP contribution < -0.4 is 19.8 Å². The van der Waals surface area contributed by atoms with Crippen molar-refractivity contribution in [1.82, 2.24) is 0 Å². The number of hydrogen-bond acceptors (Lipinski definition) is 5. The molecule has 1 atom stereocenters. The Hall–Kier alpha value is -6.59. The number of methoxy groups -OCH3 is 2. The third-order valence-corrected chi connectivity index (χ3v) is 10.7. The number of hydrogen-bond donors (Lipinski definition) is 0. The van der Waals surface area contributed by atoms with Gasteiger partial charge < -0.3 is 18.8 Å². The van der Waals surface area contributed by atoms with E-state index in [2.05, 4.69) is 108 Å². The van der Waals surface area contributed by atoms with Crippen LogP contribution in [0.2, 0.25) is 0 Å². The molecule has 1 unspecified atom stereocenters. The summed E-state index contributed by atoms with van der Waals surface area (Å²) in [6, 6.07) is 52.1. The predicted octanol–water partition coefficient (Wildman–Crippen LogP) is 10.8. The molecule has 7 aromatic carbocycles. The van der Waals surface area contributed by atoms with Gasteiger partial charge in [-0.05, 0) is 129 Å². The summed E-state index contributed by atoms with van der Waals surface area (Å²) in [6.07, 6.45) is 0. The number of ether oxygens (including phenoxy) is 2. The molecule has 0 saturated heterocycles. The molecule has 1 aromatic heterocycles. The zero-order valence-corrected chi connectivity index (χ0v) is 28.0. The lowest BCUT2D eigenvalue weighted by molar-refractivity contribution is 0.415. The molecule has 1 heterocycles. The van der Waals surface area contributed by atoms with Gasteiger partial charge in [-0.1, -0.05) is 66.7 Å². The van der Waals surface area contributed by atoms with Crippen LogP contribution in [-0.4, -0.2) is 14.2 Å². The molecule has 8 aromatic rings. The minimum Gasteiger partial charge on any atom is -0.497 e. The van der Waals surface area contributed by atoms with E-state index in [0.29, 0.717) is 21.9 Å². The van der Waals surface area contributed by atoms with Crippen molar-refractivity contribution in [3.63, 3.8) is 0 Å². The predicted molar refractivity (Wildman–Crippen MR) is 204 cm³/mol. The molecule has 0 bridgehead atoms. The van der Waals surface area contributed by atoms with Crippen LogP contribution in [0.15, 0.2) is 161 Å². The fourth-order valence-electron chi connectivity index (χ4n) is 8.47. The minimum absolute atomic E-state index is 0.0220. The van der Waals surface area contributed by atoms with E-state index >= 15 is 0 Å². The standard InChI is InChI=1S/C46H31NO4/c1-49-31-20-15-28(16-21-31)47(29-17-22-32(50-2)23-18-29)30-19-24-35-33-9-3-6-12-39(33)46(41(35)25-30)40-13-7-4-10-34(40)37-27-44-38(26-42(37)46)45(48)36-11-5-8-14-43(36)51-44/h3-27H,1-2H3. The van der Waals surface area contributed by atoms with E-state index < -0.39 is 5.41 Å². The highest BCUT2D eigenvalue weighted by atomic mass is 16.5. The molecular weight excluding hydrogens is 631 g/mol. The van der Waals surface area contributed by atoms with Crippen LogP contribution in [0, 0.1) is 0 Å². The molecule has 2 aliphatic rings. The van der Waals surface area contributed by atoms with Crippen LogP contribution in [0.5, 0.6) is 11.5 Å².